The van der Waals surface area contributed by atoms with Crippen molar-refractivity contribution in [1.82, 2.24) is 19.7 Å². The minimum absolute atomic E-state index is 0.0753. The fraction of sp³-hybridized carbons (Fsp3) is 0.379. The van der Waals surface area contributed by atoms with Gasteiger partial charge in [0.15, 0.2) is 0 Å². The molecule has 2 aromatic carbocycles. The van der Waals surface area contributed by atoms with E-state index in [9.17, 15) is 9.59 Å². The summed E-state index contributed by atoms with van der Waals surface area (Å²) in [7, 11) is 0. The van der Waals surface area contributed by atoms with Gasteiger partial charge in [-0.2, -0.15) is 14.7 Å². The summed E-state index contributed by atoms with van der Waals surface area (Å²) in [4.78, 5) is 47.8. The van der Waals surface area contributed by atoms with Crippen molar-refractivity contribution in [2.75, 3.05) is 13.1 Å². The smallest absolute Gasteiger partial charge is 0.338 e. The number of carbonyl (C=O) groups excluding carboxylic acids is 3. The molecule has 8 heteroatoms. The lowest BCUT2D eigenvalue weighted by Crippen LogP contribution is -2.39. The molecule has 0 spiro atoms. The van der Waals surface area contributed by atoms with Gasteiger partial charge in [-0.25, -0.2) is 0 Å². The minimum atomic E-state index is -0.119. The molecule has 1 aliphatic heterocycles. The number of likely N-dealkylation sites (tertiary alicyclic amines) is 1. The number of aryl methyl sites for hydroxylation is 1. The summed E-state index contributed by atoms with van der Waals surface area (Å²) < 4.78 is 2.04. The van der Waals surface area contributed by atoms with E-state index in [1.807, 2.05) is 34.7 Å². The molecule has 0 bridgehead atoms. The fourth-order valence-electron chi connectivity index (χ4n) is 5.98. The van der Waals surface area contributed by atoms with Crippen molar-refractivity contribution in [3.63, 3.8) is 0 Å². The van der Waals surface area contributed by atoms with Crippen LogP contribution in [0.2, 0.25) is 0 Å². The molecule has 190 valence electrons. The van der Waals surface area contributed by atoms with E-state index in [1.54, 1.807) is 6.20 Å². The van der Waals surface area contributed by atoms with Crippen LogP contribution in [0, 0.1) is 6.92 Å². The van der Waals surface area contributed by atoms with Crippen molar-refractivity contribution < 1.29 is 14.4 Å². The lowest BCUT2D eigenvalue weighted by molar-refractivity contribution is -0.191. The number of hydrogen-bond acceptors (Lipinski definition) is 5. The number of piperidine rings is 1. The molecule has 1 saturated heterocycles. The van der Waals surface area contributed by atoms with Gasteiger partial charge in [0.2, 0.25) is 0 Å². The molecular weight excluding hydrogens is 468 g/mol. The Morgan fingerprint density at radius 1 is 1.03 bits per heavy atom. The van der Waals surface area contributed by atoms with Gasteiger partial charge in [0.25, 0.3) is 11.5 Å². The second-order valence-corrected chi connectivity index (χ2v) is 10.0. The largest absolute Gasteiger partial charge is 0.373 e. The molecule has 8 nitrogen and oxygen atoms in total. The zero-order valence-corrected chi connectivity index (χ0v) is 20.9. The zero-order valence-electron chi connectivity index (χ0n) is 20.9. The number of fused-ring (bicyclic) bond motifs is 3. The number of nitrogens with one attached hydrogen (secondary N) is 1. The summed E-state index contributed by atoms with van der Waals surface area (Å²) in [6.07, 6.45) is 8.58. The van der Waals surface area contributed by atoms with E-state index in [0.717, 1.165) is 60.8 Å². The van der Waals surface area contributed by atoms with Crippen molar-refractivity contribution in [1.29, 1.82) is 0 Å². The Hall–Kier alpha value is -4.03. The summed E-state index contributed by atoms with van der Waals surface area (Å²) >= 11 is 0. The predicted molar refractivity (Wildman–Crippen MR) is 139 cm³/mol. The highest BCUT2D eigenvalue weighted by atomic mass is 16.2. The van der Waals surface area contributed by atoms with Gasteiger partial charge in [0.1, 0.15) is 0 Å². The van der Waals surface area contributed by atoms with Gasteiger partial charge in [-0.1, -0.05) is 43.2 Å². The summed E-state index contributed by atoms with van der Waals surface area (Å²) in [5, 5.41) is 6.13. The number of nitrogens with zero attached hydrogens (tertiary/aromatic N) is 3. The average molecular weight is 499 g/mol. The molecule has 3 heterocycles. The van der Waals surface area contributed by atoms with Crippen molar-refractivity contribution >= 4 is 33.9 Å². The third kappa shape index (κ3) is 4.72. The first kappa shape index (κ1) is 24.7. The molecule has 1 unspecified atom stereocenters. The molecule has 0 radical (unpaired) electrons. The number of carbonyl (C=O) groups is 1. The fourth-order valence-corrected chi connectivity index (χ4v) is 5.98. The Morgan fingerprint density at radius 3 is 2.49 bits per heavy atom. The molecule has 2 fully saturated rings. The lowest BCUT2D eigenvalue weighted by Gasteiger charge is -2.33. The molecular formula is C29H30N4O4. The second-order valence-electron chi connectivity index (χ2n) is 10.0. The molecule has 1 aliphatic carbocycles. The summed E-state index contributed by atoms with van der Waals surface area (Å²) in [5.41, 5.74) is 4.42. The van der Waals surface area contributed by atoms with Gasteiger partial charge in [0.05, 0.1) is 28.7 Å². The highest BCUT2D eigenvalue weighted by Gasteiger charge is 2.27. The molecule has 4 aromatic rings. The Labute approximate surface area is 214 Å². The zero-order chi connectivity index (χ0) is 25.9. The van der Waals surface area contributed by atoms with E-state index in [1.165, 1.54) is 18.4 Å². The van der Waals surface area contributed by atoms with E-state index in [-0.39, 0.29) is 17.6 Å². The predicted octanol–water partition coefficient (Wildman–Crippen LogP) is 4.74. The van der Waals surface area contributed by atoms with Crippen LogP contribution in [0.3, 0.4) is 0 Å². The van der Waals surface area contributed by atoms with Gasteiger partial charge < -0.3 is 9.88 Å². The molecule has 1 N–H and O–H groups in total. The van der Waals surface area contributed by atoms with E-state index in [2.05, 4.69) is 34.3 Å². The van der Waals surface area contributed by atoms with Crippen LogP contribution in [-0.2, 0) is 9.59 Å². The number of aromatic amines is 1. The third-order valence-electron chi connectivity index (χ3n) is 7.79. The van der Waals surface area contributed by atoms with Crippen molar-refractivity contribution in [2.45, 2.75) is 57.4 Å². The van der Waals surface area contributed by atoms with Crippen LogP contribution in [0.25, 0.3) is 21.8 Å². The van der Waals surface area contributed by atoms with Crippen LogP contribution in [-0.4, -0.2) is 44.8 Å². The normalized spacial score (nSPS) is 18.0. The van der Waals surface area contributed by atoms with Crippen LogP contribution < -0.4 is 5.56 Å². The van der Waals surface area contributed by atoms with Crippen molar-refractivity contribution in [2.24, 2.45) is 0 Å². The Kier molecular flexibility index (Phi) is 7.01. The molecule has 1 amide bonds. The van der Waals surface area contributed by atoms with E-state index < -0.39 is 0 Å². The van der Waals surface area contributed by atoms with Crippen LogP contribution in [0.5, 0.6) is 0 Å². The Bertz CT molecular complexity index is 1530. The maximum absolute atomic E-state index is 13.8. The minimum Gasteiger partial charge on any atom is -0.338 e. The second kappa shape index (κ2) is 10.5. The molecule has 1 saturated carbocycles. The number of pyridine rings is 1. The first-order valence-corrected chi connectivity index (χ1v) is 12.9. The number of H-pyrrole nitrogens is 1. The summed E-state index contributed by atoms with van der Waals surface area (Å²) in [6.45, 7) is 3.48. The first-order chi connectivity index (χ1) is 18.0. The Balaban J connectivity index is 0.000000892. The molecule has 1 atom stereocenters. The molecule has 2 aromatic heterocycles. The standard InChI is InChI=1S/C28H30N4O2.CO2/c1-18-14-25-23(26-24(27(33)30-25)16-29-32(26)21-11-5-6-12-21)15-22(18)28(34)31-13-7-10-20(17-31)19-8-3-2-4-9-19;2-1-3/h2-4,8-9,14-16,20-21H,5-7,10-13,17H2,1H3,(H,30,33);. The lowest BCUT2D eigenvalue weighted by atomic mass is 9.90. The summed E-state index contributed by atoms with van der Waals surface area (Å²) in [6, 6.07) is 14.8. The highest BCUT2D eigenvalue weighted by Crippen LogP contribution is 2.34. The molecule has 2 aliphatic rings. The summed E-state index contributed by atoms with van der Waals surface area (Å²) in [5.74, 6) is 0.442. The number of aromatic nitrogens is 3. The van der Waals surface area contributed by atoms with Gasteiger partial charge in [-0.15, -0.1) is 0 Å². The van der Waals surface area contributed by atoms with Crippen molar-refractivity contribution in [3.8, 4) is 0 Å². The van der Waals surface area contributed by atoms with Crippen molar-refractivity contribution in [3.05, 3.63) is 75.7 Å². The average Bonchev–Trinajstić information content (AvgIpc) is 3.60. The maximum Gasteiger partial charge on any atom is 0.373 e. The molecule has 6 rings (SSSR count). The first-order valence-electron chi connectivity index (χ1n) is 12.9. The van der Waals surface area contributed by atoms with Gasteiger partial charge >= 0.3 is 6.15 Å². The topological polar surface area (TPSA) is 105 Å². The van der Waals surface area contributed by atoms with Crippen LogP contribution >= 0.6 is 0 Å². The number of hydrogen-bond donors (Lipinski definition) is 1. The maximum atomic E-state index is 13.8. The quantitative estimate of drug-likeness (QED) is 0.439. The van der Waals surface area contributed by atoms with E-state index in [0.29, 0.717) is 22.9 Å². The third-order valence-corrected chi connectivity index (χ3v) is 7.79. The number of amides is 1. The van der Waals surface area contributed by atoms with Crippen LogP contribution in [0.15, 0.2) is 53.5 Å². The van der Waals surface area contributed by atoms with Gasteiger partial charge in [-0.05, 0) is 55.9 Å². The number of rotatable bonds is 3. The van der Waals surface area contributed by atoms with Gasteiger partial charge in [0, 0.05) is 30.0 Å². The SMILES string of the molecule is Cc1cc2[nH]c(=O)c3cnn(C4CCCC4)c3c2cc1C(=O)N1CCCC(c2ccccc2)C1.O=C=O. The number of benzene rings is 2. The van der Waals surface area contributed by atoms with E-state index >= 15 is 0 Å². The van der Waals surface area contributed by atoms with Crippen LogP contribution in [0.4, 0.5) is 0 Å². The van der Waals surface area contributed by atoms with Gasteiger partial charge in [-0.3, -0.25) is 14.3 Å². The van der Waals surface area contributed by atoms with E-state index in [4.69, 9.17) is 9.59 Å². The Morgan fingerprint density at radius 2 is 1.76 bits per heavy atom. The highest BCUT2D eigenvalue weighted by molar-refractivity contribution is 6.07. The monoisotopic (exact) mass is 498 g/mol. The van der Waals surface area contributed by atoms with Crippen LogP contribution in [0.1, 0.15) is 72.0 Å². The molecule has 37 heavy (non-hydrogen) atoms.